The Morgan fingerprint density at radius 2 is 2.04 bits per heavy atom. The molecule has 0 bridgehead atoms. The Morgan fingerprint density at radius 1 is 1.18 bits per heavy atom. The minimum absolute atomic E-state index is 0.159. The van der Waals surface area contributed by atoms with Crippen molar-refractivity contribution in [2.45, 2.75) is 13.1 Å². The van der Waals surface area contributed by atoms with Crippen LogP contribution in [0.1, 0.15) is 16.1 Å². The van der Waals surface area contributed by atoms with E-state index in [0.717, 1.165) is 0 Å². The fourth-order valence-electron chi connectivity index (χ4n) is 3.23. The number of urea groups is 1. The summed E-state index contributed by atoms with van der Waals surface area (Å²) >= 11 is 0. The summed E-state index contributed by atoms with van der Waals surface area (Å²) in [5, 5.41) is 7.21. The molecule has 1 aliphatic rings. The van der Waals surface area contributed by atoms with E-state index in [2.05, 4.69) is 15.4 Å². The van der Waals surface area contributed by atoms with Gasteiger partial charge in [-0.25, -0.2) is 9.18 Å². The maximum Gasteiger partial charge on any atom is 0.322 e. The van der Waals surface area contributed by atoms with Crippen LogP contribution in [0.15, 0.2) is 48.8 Å². The van der Waals surface area contributed by atoms with Crippen LogP contribution in [0, 0.1) is 5.82 Å². The number of benzene rings is 1. The van der Waals surface area contributed by atoms with Crippen LogP contribution in [0.3, 0.4) is 0 Å². The number of amides is 3. The molecule has 28 heavy (non-hydrogen) atoms. The zero-order valence-electron chi connectivity index (χ0n) is 14.8. The highest BCUT2D eigenvalue weighted by atomic mass is 19.1. The molecule has 1 aliphatic heterocycles. The van der Waals surface area contributed by atoms with Gasteiger partial charge in [-0.05, 0) is 24.3 Å². The summed E-state index contributed by atoms with van der Waals surface area (Å²) in [6.45, 7) is 0.958. The Bertz CT molecular complexity index is 1050. The van der Waals surface area contributed by atoms with Gasteiger partial charge in [0.15, 0.2) is 0 Å². The summed E-state index contributed by atoms with van der Waals surface area (Å²) in [4.78, 5) is 30.2. The lowest BCUT2D eigenvalue weighted by Crippen LogP contribution is -2.41. The normalized spacial score (nSPS) is 13.1. The fourth-order valence-corrected chi connectivity index (χ4v) is 3.23. The number of carbonyl (C=O) groups is 2. The number of carbonyl (C=O) groups excluding carboxylic acids is 2. The maximum atomic E-state index is 13.6. The molecule has 1 aromatic carbocycles. The zero-order chi connectivity index (χ0) is 19.7. The molecule has 9 heteroatoms. The maximum absolute atomic E-state index is 13.6. The van der Waals surface area contributed by atoms with E-state index >= 15 is 0 Å². The second-order valence-corrected chi connectivity index (χ2v) is 6.36. The molecule has 0 spiro atoms. The van der Waals surface area contributed by atoms with Crippen molar-refractivity contribution in [1.29, 1.82) is 0 Å². The van der Waals surface area contributed by atoms with Gasteiger partial charge in [-0.2, -0.15) is 5.10 Å². The third-order valence-electron chi connectivity index (χ3n) is 4.52. The first-order chi connectivity index (χ1) is 13.5. The van der Waals surface area contributed by atoms with E-state index < -0.39 is 11.7 Å². The summed E-state index contributed by atoms with van der Waals surface area (Å²) in [5.41, 5.74) is 7.66. The Morgan fingerprint density at radius 3 is 2.75 bits per heavy atom. The lowest BCUT2D eigenvalue weighted by atomic mass is 10.0. The molecule has 3 amide bonds. The number of fused-ring (bicyclic) bond motifs is 1. The number of nitrogens with zero attached hydrogens (tertiary/aromatic N) is 4. The third kappa shape index (κ3) is 3.29. The van der Waals surface area contributed by atoms with E-state index in [-0.39, 0.29) is 18.1 Å². The largest absolute Gasteiger partial charge is 0.365 e. The van der Waals surface area contributed by atoms with Gasteiger partial charge in [-0.1, -0.05) is 12.1 Å². The van der Waals surface area contributed by atoms with Gasteiger partial charge in [0, 0.05) is 18.3 Å². The van der Waals surface area contributed by atoms with Crippen molar-refractivity contribution in [3.8, 4) is 11.3 Å². The average Bonchev–Trinajstić information content (AvgIpc) is 3.07. The van der Waals surface area contributed by atoms with Crippen LogP contribution in [0.4, 0.5) is 14.9 Å². The van der Waals surface area contributed by atoms with Crippen molar-refractivity contribution in [3.63, 3.8) is 0 Å². The van der Waals surface area contributed by atoms with Crippen LogP contribution < -0.4 is 11.1 Å². The zero-order valence-corrected chi connectivity index (χ0v) is 14.8. The van der Waals surface area contributed by atoms with Gasteiger partial charge in [0.1, 0.15) is 11.5 Å². The predicted molar refractivity (Wildman–Crippen MR) is 99.8 cm³/mol. The standard InChI is InChI=1S/C19H17FN6O2/c20-13-4-1-3-12(9-13)17-16(18(21)27)15-11-25(7-8-26(15)24-17)19(28)23-14-5-2-6-22-10-14/h1-6,9-10H,7-8,11H2,(H2,21,27)(H,23,28). The average molecular weight is 380 g/mol. The second-order valence-electron chi connectivity index (χ2n) is 6.36. The first-order valence-electron chi connectivity index (χ1n) is 8.64. The minimum atomic E-state index is -0.671. The van der Waals surface area contributed by atoms with Gasteiger partial charge in [-0.15, -0.1) is 0 Å². The van der Waals surface area contributed by atoms with Gasteiger partial charge in [0.2, 0.25) is 0 Å². The molecule has 0 atom stereocenters. The van der Waals surface area contributed by atoms with E-state index in [1.54, 1.807) is 46.2 Å². The van der Waals surface area contributed by atoms with E-state index in [1.165, 1.54) is 12.1 Å². The number of hydrogen-bond donors (Lipinski definition) is 2. The number of nitrogens with one attached hydrogen (secondary N) is 1. The molecule has 8 nitrogen and oxygen atoms in total. The number of hydrogen-bond acceptors (Lipinski definition) is 4. The SMILES string of the molecule is NC(=O)c1c(-c2cccc(F)c2)nn2c1CN(C(=O)Nc1cccnc1)CC2. The van der Waals surface area contributed by atoms with E-state index in [9.17, 15) is 14.0 Å². The lowest BCUT2D eigenvalue weighted by Gasteiger charge is -2.28. The number of aromatic nitrogens is 3. The molecule has 142 valence electrons. The molecule has 4 rings (SSSR count). The third-order valence-corrected chi connectivity index (χ3v) is 4.52. The number of primary amides is 1. The highest BCUT2D eigenvalue weighted by molar-refractivity contribution is 6.00. The first kappa shape index (κ1) is 17.7. The molecule has 0 fully saturated rings. The summed E-state index contributed by atoms with van der Waals surface area (Å²) in [7, 11) is 0. The van der Waals surface area contributed by atoms with Crippen molar-refractivity contribution >= 4 is 17.6 Å². The Hall–Kier alpha value is -3.75. The number of anilines is 1. The van der Waals surface area contributed by atoms with E-state index in [1.807, 2.05) is 0 Å². The van der Waals surface area contributed by atoms with E-state index in [0.29, 0.717) is 35.7 Å². The Balaban J connectivity index is 1.65. The molecule has 0 saturated carbocycles. The summed E-state index contributed by atoms with van der Waals surface area (Å²) in [6.07, 6.45) is 3.16. The van der Waals surface area contributed by atoms with Gasteiger partial charge < -0.3 is 16.0 Å². The van der Waals surface area contributed by atoms with Crippen molar-refractivity contribution < 1.29 is 14.0 Å². The van der Waals surface area contributed by atoms with Gasteiger partial charge in [-0.3, -0.25) is 14.5 Å². The van der Waals surface area contributed by atoms with Crippen LogP contribution in [0.25, 0.3) is 11.3 Å². The minimum Gasteiger partial charge on any atom is -0.365 e. The molecule has 0 unspecified atom stereocenters. The summed E-state index contributed by atoms with van der Waals surface area (Å²) in [6, 6.07) is 8.95. The molecule has 0 saturated heterocycles. The molecular weight excluding hydrogens is 363 g/mol. The van der Waals surface area contributed by atoms with Crippen LogP contribution in [-0.2, 0) is 13.1 Å². The molecule has 3 aromatic rings. The van der Waals surface area contributed by atoms with E-state index in [4.69, 9.17) is 5.73 Å². The molecule has 2 aromatic heterocycles. The van der Waals surface area contributed by atoms with Crippen molar-refractivity contribution in [2.24, 2.45) is 5.73 Å². The molecule has 3 heterocycles. The quantitative estimate of drug-likeness (QED) is 0.727. The number of pyridine rings is 1. The molecule has 0 radical (unpaired) electrons. The fraction of sp³-hybridized carbons (Fsp3) is 0.158. The molecule has 0 aliphatic carbocycles. The van der Waals surface area contributed by atoms with Gasteiger partial charge in [0.25, 0.3) is 5.91 Å². The number of rotatable bonds is 3. The summed E-state index contributed by atoms with van der Waals surface area (Å²) < 4.78 is 15.3. The van der Waals surface area contributed by atoms with Crippen LogP contribution in [-0.4, -0.2) is 38.1 Å². The second kappa shape index (κ2) is 7.10. The predicted octanol–water partition coefficient (Wildman–Crippen LogP) is 2.23. The Labute approximate surface area is 159 Å². The molecule has 3 N–H and O–H groups in total. The Kier molecular flexibility index (Phi) is 4.48. The van der Waals surface area contributed by atoms with Crippen molar-refractivity contribution in [2.75, 3.05) is 11.9 Å². The topological polar surface area (TPSA) is 106 Å². The number of halogens is 1. The lowest BCUT2D eigenvalue weighted by molar-refractivity contribution is 0.0997. The van der Waals surface area contributed by atoms with Crippen LogP contribution in [0.2, 0.25) is 0 Å². The van der Waals surface area contributed by atoms with Crippen LogP contribution in [0.5, 0.6) is 0 Å². The van der Waals surface area contributed by atoms with Crippen LogP contribution >= 0.6 is 0 Å². The highest BCUT2D eigenvalue weighted by Gasteiger charge is 2.29. The molecular formula is C19H17FN6O2. The first-order valence-corrected chi connectivity index (χ1v) is 8.64. The highest BCUT2D eigenvalue weighted by Crippen LogP contribution is 2.28. The smallest absolute Gasteiger partial charge is 0.322 e. The summed E-state index contributed by atoms with van der Waals surface area (Å²) in [5.74, 6) is -1.11. The van der Waals surface area contributed by atoms with Gasteiger partial charge in [0.05, 0.1) is 36.2 Å². The number of nitrogens with two attached hydrogens (primary N) is 1. The van der Waals surface area contributed by atoms with Gasteiger partial charge >= 0.3 is 6.03 Å². The van der Waals surface area contributed by atoms with Crippen molar-refractivity contribution in [1.82, 2.24) is 19.7 Å². The van der Waals surface area contributed by atoms with Crippen molar-refractivity contribution in [3.05, 3.63) is 65.9 Å². The monoisotopic (exact) mass is 380 g/mol.